The molecule has 0 aromatic heterocycles. The Morgan fingerprint density at radius 2 is 1.67 bits per heavy atom. The molecule has 1 heteroatoms. The van der Waals surface area contributed by atoms with Crippen LogP contribution in [0.25, 0.3) is 0 Å². The fourth-order valence-corrected chi connectivity index (χ4v) is 3.06. The molecule has 0 fully saturated rings. The van der Waals surface area contributed by atoms with E-state index >= 15 is 0 Å². The summed E-state index contributed by atoms with van der Waals surface area (Å²) in [5, 5.41) is 1.40. The summed E-state index contributed by atoms with van der Waals surface area (Å²) >= 11 is 0. The van der Waals surface area contributed by atoms with Crippen LogP contribution in [0.15, 0.2) is 45.8 Å². The molecule has 0 radical (unpaired) electrons. The van der Waals surface area contributed by atoms with Crippen molar-refractivity contribution in [1.82, 2.24) is 0 Å². The smallest absolute Gasteiger partial charge is 0.0170 e. The highest BCUT2D eigenvalue weighted by atomic mass is 31.0. The predicted octanol–water partition coefficient (Wildman–Crippen LogP) is 7.21. The summed E-state index contributed by atoms with van der Waals surface area (Å²) in [6.45, 7) is 19.9. The topological polar surface area (TPSA) is 0 Å². The van der Waals surface area contributed by atoms with Gasteiger partial charge in [0.15, 0.2) is 0 Å². The van der Waals surface area contributed by atoms with Crippen molar-refractivity contribution in [3.63, 3.8) is 0 Å². The van der Waals surface area contributed by atoms with Gasteiger partial charge in [0.2, 0.25) is 0 Å². The first-order chi connectivity index (χ1) is 9.76. The molecule has 0 bridgehead atoms. The van der Waals surface area contributed by atoms with E-state index in [1.165, 1.54) is 33.2 Å². The van der Waals surface area contributed by atoms with Crippen molar-refractivity contribution >= 4 is 9.24 Å². The molecule has 0 N–H and O–H groups in total. The molecule has 0 aliphatic carbocycles. The van der Waals surface area contributed by atoms with Crippen LogP contribution >= 0.6 is 9.24 Å². The largest absolute Gasteiger partial charge is 0.109 e. The summed E-state index contributed by atoms with van der Waals surface area (Å²) < 4.78 is 0. The van der Waals surface area contributed by atoms with Crippen molar-refractivity contribution in [3.05, 3.63) is 45.8 Å². The highest BCUT2D eigenvalue weighted by Gasteiger charge is 2.13. The second-order valence-electron chi connectivity index (χ2n) is 6.29. The lowest BCUT2D eigenvalue weighted by molar-refractivity contribution is 0.750. The first-order valence-electron chi connectivity index (χ1n) is 8.26. The fourth-order valence-electron chi connectivity index (χ4n) is 2.47. The van der Waals surface area contributed by atoms with Gasteiger partial charge in [-0.3, -0.25) is 0 Å². The molecule has 0 heterocycles. The number of rotatable bonds is 8. The van der Waals surface area contributed by atoms with Gasteiger partial charge in [-0.2, -0.15) is 0 Å². The highest BCUT2D eigenvalue weighted by Crippen LogP contribution is 2.34. The van der Waals surface area contributed by atoms with Crippen molar-refractivity contribution in [2.75, 3.05) is 0 Å². The molecule has 0 amide bonds. The minimum atomic E-state index is 0.592. The Labute approximate surface area is 135 Å². The Morgan fingerprint density at radius 3 is 2.05 bits per heavy atom. The van der Waals surface area contributed by atoms with E-state index in [0.717, 1.165) is 25.7 Å². The quantitative estimate of drug-likeness (QED) is 0.252. The molecule has 21 heavy (non-hydrogen) atoms. The molecule has 1 atom stereocenters. The lowest BCUT2D eigenvalue weighted by Crippen LogP contribution is -2.01. The van der Waals surface area contributed by atoms with Gasteiger partial charge in [-0.25, -0.2) is 0 Å². The minimum absolute atomic E-state index is 0.592. The molecule has 0 saturated carbocycles. The zero-order chi connectivity index (χ0) is 16.6. The summed E-state index contributed by atoms with van der Waals surface area (Å²) in [6.07, 6.45) is 6.81. The third-order valence-electron chi connectivity index (χ3n) is 4.21. The van der Waals surface area contributed by atoms with E-state index in [1.807, 2.05) is 0 Å². The van der Waals surface area contributed by atoms with Gasteiger partial charge < -0.3 is 0 Å². The van der Waals surface area contributed by atoms with Crippen LogP contribution in [0.4, 0.5) is 0 Å². The van der Waals surface area contributed by atoms with E-state index in [0.29, 0.717) is 5.92 Å². The summed E-state index contributed by atoms with van der Waals surface area (Å²) in [7, 11) is 2.97. The van der Waals surface area contributed by atoms with E-state index in [2.05, 4.69) is 70.4 Å². The monoisotopic (exact) mass is 306 g/mol. The van der Waals surface area contributed by atoms with E-state index in [-0.39, 0.29) is 0 Å². The molecule has 1 unspecified atom stereocenters. The molecule has 0 saturated heterocycles. The number of hydrogen-bond donors (Lipinski definition) is 0. The average molecular weight is 306 g/mol. The van der Waals surface area contributed by atoms with Crippen LogP contribution in [-0.4, -0.2) is 0 Å². The van der Waals surface area contributed by atoms with Gasteiger partial charge in [0.25, 0.3) is 0 Å². The fraction of sp³-hybridized carbons (Fsp3) is 0.600. The third kappa shape index (κ3) is 6.79. The Bertz CT molecular complexity index is 444. The molecule has 0 aliphatic heterocycles. The van der Waals surface area contributed by atoms with E-state index in [4.69, 9.17) is 0 Å². The molecule has 0 spiro atoms. The Morgan fingerprint density at radius 1 is 1.10 bits per heavy atom. The number of hydrogen-bond acceptors (Lipinski definition) is 0. The maximum absolute atomic E-state index is 4.23. The summed E-state index contributed by atoms with van der Waals surface area (Å²) in [6, 6.07) is 0. The normalized spacial score (nSPS) is 15.0. The molecular weight excluding hydrogens is 271 g/mol. The van der Waals surface area contributed by atoms with Crippen molar-refractivity contribution in [1.29, 1.82) is 0 Å². The third-order valence-corrected chi connectivity index (χ3v) is 4.79. The van der Waals surface area contributed by atoms with Crippen LogP contribution in [0.2, 0.25) is 0 Å². The summed E-state index contributed by atoms with van der Waals surface area (Å²) in [5.74, 6) is 0.592. The van der Waals surface area contributed by atoms with Gasteiger partial charge in [0.1, 0.15) is 0 Å². The van der Waals surface area contributed by atoms with Crippen molar-refractivity contribution < 1.29 is 0 Å². The molecular formula is C20H35P. The van der Waals surface area contributed by atoms with E-state index in [1.54, 1.807) is 0 Å². The zero-order valence-electron chi connectivity index (χ0n) is 15.3. The zero-order valence-corrected chi connectivity index (χ0v) is 16.4. The maximum atomic E-state index is 4.23. The van der Waals surface area contributed by atoms with Crippen LogP contribution in [0.3, 0.4) is 0 Å². The first-order valence-corrected chi connectivity index (χ1v) is 8.83. The predicted molar refractivity (Wildman–Crippen MR) is 103 cm³/mol. The maximum Gasteiger partial charge on any atom is -0.0170 e. The van der Waals surface area contributed by atoms with Gasteiger partial charge in [-0.1, -0.05) is 57.1 Å². The summed E-state index contributed by atoms with van der Waals surface area (Å²) in [4.78, 5) is 0. The average Bonchev–Trinajstić information content (AvgIpc) is 2.42. The van der Waals surface area contributed by atoms with E-state index < -0.39 is 0 Å². The SMILES string of the molecule is C=C(C)C(/C(CC)=C(/C)C(C)C)=C(\P)CC/C=C(\C)CC. The van der Waals surface area contributed by atoms with Crippen molar-refractivity contribution in [2.24, 2.45) is 5.92 Å². The second kappa shape index (κ2) is 10.2. The van der Waals surface area contributed by atoms with Crippen molar-refractivity contribution in [2.45, 2.75) is 74.1 Å². The summed E-state index contributed by atoms with van der Waals surface area (Å²) in [5.41, 5.74) is 7.04. The van der Waals surface area contributed by atoms with Crippen LogP contribution in [0.1, 0.15) is 74.1 Å². The minimum Gasteiger partial charge on any atom is -0.109 e. The molecule has 120 valence electrons. The molecule has 0 aliphatic rings. The Kier molecular flexibility index (Phi) is 9.88. The van der Waals surface area contributed by atoms with Crippen LogP contribution in [0.5, 0.6) is 0 Å². The van der Waals surface area contributed by atoms with Crippen LogP contribution in [-0.2, 0) is 0 Å². The molecule has 0 nitrogen and oxygen atoms in total. The van der Waals surface area contributed by atoms with E-state index in [9.17, 15) is 0 Å². The molecule has 0 aromatic carbocycles. The number of allylic oxidation sites excluding steroid dienone is 7. The van der Waals surface area contributed by atoms with Gasteiger partial charge in [0.05, 0.1) is 0 Å². The van der Waals surface area contributed by atoms with Gasteiger partial charge in [-0.15, -0.1) is 9.24 Å². The first kappa shape index (κ1) is 20.4. The van der Waals surface area contributed by atoms with Gasteiger partial charge in [0, 0.05) is 0 Å². The van der Waals surface area contributed by atoms with Gasteiger partial charge >= 0.3 is 0 Å². The van der Waals surface area contributed by atoms with Crippen LogP contribution in [0, 0.1) is 5.92 Å². The molecule has 0 rings (SSSR count). The van der Waals surface area contributed by atoms with Gasteiger partial charge in [-0.05, 0) is 68.8 Å². The Hall–Kier alpha value is -0.610. The van der Waals surface area contributed by atoms with Crippen molar-refractivity contribution in [3.8, 4) is 0 Å². The Balaban J connectivity index is 5.50. The lowest BCUT2D eigenvalue weighted by atomic mass is 9.88. The highest BCUT2D eigenvalue weighted by molar-refractivity contribution is 7.22. The molecule has 0 aromatic rings. The van der Waals surface area contributed by atoms with Crippen LogP contribution < -0.4 is 0 Å². The second-order valence-corrected chi connectivity index (χ2v) is 6.99. The standard InChI is InChI=1S/C20H35P/c1-9-16(7)12-11-13-19(21)20(15(5)6)18(10-2)17(8)14(3)4/h12,14H,5,9-11,13,21H2,1-4,6-8H3/b16-12+,18-17-,20-19+. The lowest BCUT2D eigenvalue weighted by Gasteiger charge is -2.20.